The van der Waals surface area contributed by atoms with Gasteiger partial charge < -0.3 is 10.4 Å². The Balaban J connectivity index is 0.00000169. The average Bonchev–Trinajstić information content (AvgIpc) is 2.15. The fourth-order valence-electron chi connectivity index (χ4n) is 1.09. The van der Waals surface area contributed by atoms with E-state index in [1.165, 1.54) is 0 Å². The fourth-order valence-corrected chi connectivity index (χ4v) is 1.09. The molecule has 0 fully saturated rings. The maximum atomic E-state index is 10.3. The maximum Gasteiger partial charge on any atom is 0.303 e. The lowest BCUT2D eigenvalue weighted by Gasteiger charge is -2.01. The van der Waals surface area contributed by atoms with Crippen molar-refractivity contribution in [1.82, 2.24) is 0 Å². The van der Waals surface area contributed by atoms with Gasteiger partial charge in [-0.25, -0.2) is 0 Å². The van der Waals surface area contributed by atoms with Gasteiger partial charge in [0.15, 0.2) is 0 Å². The van der Waals surface area contributed by atoms with Gasteiger partial charge in [-0.15, -0.1) is 12.4 Å². The zero-order chi connectivity index (χ0) is 9.68. The number of aryl methyl sites for hydroxylation is 1. The number of carboxylic acids is 1. The molecule has 0 spiro atoms. The zero-order valence-corrected chi connectivity index (χ0v) is 8.80. The third-order valence-corrected chi connectivity index (χ3v) is 1.87. The molecule has 14 heavy (non-hydrogen) atoms. The summed E-state index contributed by atoms with van der Waals surface area (Å²) in [5.41, 5.74) is 2.10. The predicted molar refractivity (Wildman–Crippen MR) is 59.2 cm³/mol. The van der Waals surface area contributed by atoms with Gasteiger partial charge in [0.25, 0.3) is 0 Å². The van der Waals surface area contributed by atoms with Crippen LogP contribution in [0.25, 0.3) is 0 Å². The van der Waals surface area contributed by atoms with E-state index in [0.717, 1.165) is 11.3 Å². The Morgan fingerprint density at radius 1 is 1.36 bits per heavy atom. The first-order valence-corrected chi connectivity index (χ1v) is 4.21. The molecule has 3 nitrogen and oxygen atoms in total. The molecule has 0 amide bonds. The monoisotopic (exact) mass is 215 g/mol. The van der Waals surface area contributed by atoms with Crippen LogP contribution < -0.4 is 5.32 Å². The second-order valence-electron chi connectivity index (χ2n) is 2.84. The van der Waals surface area contributed by atoms with Crippen molar-refractivity contribution in [3.63, 3.8) is 0 Å². The summed E-state index contributed by atoms with van der Waals surface area (Å²) in [7, 11) is 1.85. The SMILES string of the molecule is CNc1ccc(CCC(=O)O)cc1.Cl. The molecule has 2 N–H and O–H groups in total. The van der Waals surface area contributed by atoms with E-state index in [4.69, 9.17) is 5.11 Å². The molecule has 0 aromatic heterocycles. The highest BCUT2D eigenvalue weighted by Gasteiger charge is 1.98. The number of carbonyl (C=O) groups is 1. The molecule has 0 atom stereocenters. The molecule has 1 rings (SSSR count). The van der Waals surface area contributed by atoms with Crippen molar-refractivity contribution in [2.24, 2.45) is 0 Å². The minimum Gasteiger partial charge on any atom is -0.481 e. The summed E-state index contributed by atoms with van der Waals surface area (Å²) in [5, 5.41) is 11.5. The van der Waals surface area contributed by atoms with Crippen LogP contribution in [0.2, 0.25) is 0 Å². The van der Waals surface area contributed by atoms with Crippen molar-refractivity contribution in [1.29, 1.82) is 0 Å². The van der Waals surface area contributed by atoms with Crippen LogP contribution >= 0.6 is 12.4 Å². The Kier molecular flexibility index (Phi) is 5.72. The third-order valence-electron chi connectivity index (χ3n) is 1.87. The molecule has 1 aromatic rings. The van der Waals surface area contributed by atoms with E-state index in [9.17, 15) is 4.79 Å². The summed E-state index contributed by atoms with van der Waals surface area (Å²) in [6.07, 6.45) is 0.790. The topological polar surface area (TPSA) is 49.3 Å². The normalized spacial score (nSPS) is 8.93. The van der Waals surface area contributed by atoms with E-state index >= 15 is 0 Å². The lowest BCUT2D eigenvalue weighted by molar-refractivity contribution is -0.136. The number of nitrogens with one attached hydrogen (secondary N) is 1. The molecule has 0 unspecified atom stereocenters. The number of hydrogen-bond donors (Lipinski definition) is 2. The van der Waals surface area contributed by atoms with Gasteiger partial charge >= 0.3 is 5.97 Å². The van der Waals surface area contributed by atoms with E-state index in [0.29, 0.717) is 6.42 Å². The summed E-state index contributed by atoms with van der Waals surface area (Å²) in [4.78, 5) is 10.3. The molecule has 0 aliphatic rings. The fraction of sp³-hybridized carbons (Fsp3) is 0.300. The number of carboxylic acid groups (broad SMARTS) is 1. The highest BCUT2D eigenvalue weighted by molar-refractivity contribution is 5.85. The lowest BCUT2D eigenvalue weighted by Crippen LogP contribution is -1.97. The molecular weight excluding hydrogens is 202 g/mol. The van der Waals surface area contributed by atoms with Crippen molar-refractivity contribution >= 4 is 24.1 Å². The van der Waals surface area contributed by atoms with E-state index < -0.39 is 5.97 Å². The number of benzene rings is 1. The molecule has 78 valence electrons. The van der Waals surface area contributed by atoms with Crippen LogP contribution in [-0.2, 0) is 11.2 Å². The second-order valence-corrected chi connectivity index (χ2v) is 2.84. The van der Waals surface area contributed by atoms with Gasteiger partial charge in [-0.3, -0.25) is 4.79 Å². The highest BCUT2D eigenvalue weighted by Crippen LogP contribution is 2.09. The van der Waals surface area contributed by atoms with Crippen molar-refractivity contribution in [2.75, 3.05) is 12.4 Å². The van der Waals surface area contributed by atoms with Gasteiger partial charge in [0.1, 0.15) is 0 Å². The molecule has 0 saturated carbocycles. The lowest BCUT2D eigenvalue weighted by atomic mass is 10.1. The maximum absolute atomic E-state index is 10.3. The Morgan fingerprint density at radius 2 is 1.93 bits per heavy atom. The van der Waals surface area contributed by atoms with Gasteiger partial charge in [-0.05, 0) is 24.1 Å². The third kappa shape index (κ3) is 4.14. The van der Waals surface area contributed by atoms with E-state index in [1.807, 2.05) is 31.3 Å². The predicted octanol–water partition coefficient (Wildman–Crippen LogP) is 2.17. The molecule has 4 heteroatoms. The van der Waals surface area contributed by atoms with Crippen molar-refractivity contribution in [2.45, 2.75) is 12.8 Å². The second kappa shape index (κ2) is 6.27. The summed E-state index contributed by atoms with van der Waals surface area (Å²) in [6.45, 7) is 0. The van der Waals surface area contributed by atoms with Crippen molar-refractivity contribution < 1.29 is 9.90 Å². The number of rotatable bonds is 4. The van der Waals surface area contributed by atoms with Gasteiger partial charge in [-0.1, -0.05) is 12.1 Å². The Bertz CT molecular complexity index is 285. The van der Waals surface area contributed by atoms with Gasteiger partial charge in [0.2, 0.25) is 0 Å². The van der Waals surface area contributed by atoms with Gasteiger partial charge in [0.05, 0.1) is 0 Å². The minimum absolute atomic E-state index is 0. The minimum atomic E-state index is -0.752. The molecule has 0 saturated heterocycles. The Hall–Kier alpha value is -1.22. The molecule has 1 aromatic carbocycles. The van der Waals surface area contributed by atoms with Crippen LogP contribution in [0, 0.1) is 0 Å². The van der Waals surface area contributed by atoms with Crippen molar-refractivity contribution in [3.8, 4) is 0 Å². The van der Waals surface area contributed by atoms with Crippen LogP contribution in [0.15, 0.2) is 24.3 Å². The van der Waals surface area contributed by atoms with Crippen LogP contribution in [0.1, 0.15) is 12.0 Å². The molecule has 0 radical (unpaired) electrons. The first kappa shape index (κ1) is 12.8. The average molecular weight is 216 g/mol. The molecule has 0 aliphatic carbocycles. The molecule has 0 heterocycles. The number of anilines is 1. The van der Waals surface area contributed by atoms with Crippen LogP contribution in [0.5, 0.6) is 0 Å². The Morgan fingerprint density at radius 3 is 2.36 bits per heavy atom. The standard InChI is InChI=1S/C10H13NO2.ClH/c1-11-9-5-2-8(3-6-9)4-7-10(12)13;/h2-3,5-6,11H,4,7H2,1H3,(H,12,13);1H. The van der Waals surface area contributed by atoms with E-state index in [2.05, 4.69) is 5.32 Å². The first-order valence-electron chi connectivity index (χ1n) is 4.21. The zero-order valence-electron chi connectivity index (χ0n) is 7.99. The molecule has 0 bridgehead atoms. The van der Waals surface area contributed by atoms with Gasteiger partial charge in [0, 0.05) is 19.2 Å². The van der Waals surface area contributed by atoms with Crippen LogP contribution in [-0.4, -0.2) is 18.1 Å². The Labute approximate surface area is 89.5 Å². The van der Waals surface area contributed by atoms with Crippen LogP contribution in [0.3, 0.4) is 0 Å². The summed E-state index contributed by atoms with van der Waals surface area (Å²) in [6, 6.07) is 7.76. The molecule has 0 aliphatic heterocycles. The summed E-state index contributed by atoms with van der Waals surface area (Å²) >= 11 is 0. The first-order chi connectivity index (χ1) is 6.22. The molecular formula is C10H14ClNO2. The largest absolute Gasteiger partial charge is 0.481 e. The smallest absolute Gasteiger partial charge is 0.303 e. The van der Waals surface area contributed by atoms with Crippen LogP contribution in [0.4, 0.5) is 5.69 Å². The number of hydrogen-bond acceptors (Lipinski definition) is 2. The summed E-state index contributed by atoms with van der Waals surface area (Å²) in [5.74, 6) is -0.752. The number of halogens is 1. The highest BCUT2D eigenvalue weighted by atomic mass is 35.5. The summed E-state index contributed by atoms with van der Waals surface area (Å²) < 4.78 is 0. The van der Waals surface area contributed by atoms with E-state index in [1.54, 1.807) is 0 Å². The van der Waals surface area contributed by atoms with Crippen molar-refractivity contribution in [3.05, 3.63) is 29.8 Å². The quantitative estimate of drug-likeness (QED) is 0.810. The number of aliphatic carboxylic acids is 1. The van der Waals surface area contributed by atoms with Gasteiger partial charge in [-0.2, -0.15) is 0 Å². The van der Waals surface area contributed by atoms with E-state index in [-0.39, 0.29) is 18.8 Å².